The number of rotatable bonds is 1. The van der Waals surface area contributed by atoms with Crippen LogP contribution in [-0.2, 0) is 0 Å². The number of nitrogens with two attached hydrogens (primary N) is 1. The Bertz CT molecular complexity index is 439. The summed E-state index contributed by atoms with van der Waals surface area (Å²) in [6, 6.07) is 5.89. The van der Waals surface area contributed by atoms with E-state index in [4.69, 9.17) is 5.73 Å². The first-order chi connectivity index (χ1) is 8.08. The minimum Gasteiger partial charge on any atom is -0.337 e. The molecule has 2 N–H and O–H groups in total. The lowest BCUT2D eigenvalue weighted by Crippen LogP contribution is -2.45. The zero-order valence-electron chi connectivity index (χ0n) is 9.33. The van der Waals surface area contributed by atoms with Gasteiger partial charge in [0, 0.05) is 27.2 Å². The monoisotopic (exact) mass is 408 g/mol. The third kappa shape index (κ3) is 3.20. The van der Waals surface area contributed by atoms with Crippen molar-refractivity contribution in [2.45, 2.75) is 18.9 Å². The summed E-state index contributed by atoms with van der Waals surface area (Å²) in [7, 11) is 0. The number of benzene rings is 1. The lowest BCUT2D eigenvalue weighted by atomic mass is 10.1. The highest BCUT2D eigenvalue weighted by Crippen LogP contribution is 2.21. The summed E-state index contributed by atoms with van der Waals surface area (Å²) in [4.78, 5) is 14.2. The summed E-state index contributed by atoms with van der Waals surface area (Å²) < 4.78 is 1.91. The topological polar surface area (TPSA) is 46.3 Å². The maximum absolute atomic E-state index is 12.4. The Balaban J connectivity index is 2.21. The molecule has 5 heteroatoms. The van der Waals surface area contributed by atoms with E-state index in [1.54, 1.807) is 0 Å². The highest BCUT2D eigenvalue weighted by molar-refractivity contribution is 14.1. The summed E-state index contributed by atoms with van der Waals surface area (Å²) in [5.74, 6) is 0.0888. The van der Waals surface area contributed by atoms with E-state index < -0.39 is 0 Å². The van der Waals surface area contributed by atoms with Gasteiger partial charge in [-0.2, -0.15) is 0 Å². The Labute approximate surface area is 123 Å². The fraction of sp³-hybridized carbons (Fsp3) is 0.417. The molecule has 0 radical (unpaired) electrons. The molecule has 1 aromatic rings. The van der Waals surface area contributed by atoms with Crippen LogP contribution >= 0.6 is 38.5 Å². The fourth-order valence-electron chi connectivity index (χ4n) is 2.03. The first-order valence-corrected chi connectivity index (χ1v) is 7.45. The lowest BCUT2D eigenvalue weighted by Gasteiger charge is -2.31. The maximum atomic E-state index is 12.4. The summed E-state index contributed by atoms with van der Waals surface area (Å²) in [6.45, 7) is 1.48. The zero-order chi connectivity index (χ0) is 12.4. The third-order valence-electron chi connectivity index (χ3n) is 2.90. The third-order valence-corrected chi connectivity index (χ3v) is 4.34. The molecule has 92 valence electrons. The van der Waals surface area contributed by atoms with Crippen LogP contribution in [0.25, 0.3) is 0 Å². The number of hydrogen-bond acceptors (Lipinski definition) is 2. The van der Waals surface area contributed by atoms with Crippen molar-refractivity contribution < 1.29 is 4.79 Å². The van der Waals surface area contributed by atoms with Crippen molar-refractivity contribution in [3.63, 3.8) is 0 Å². The molecule has 1 aliphatic rings. The molecule has 1 heterocycles. The number of piperidine rings is 1. The van der Waals surface area contributed by atoms with Gasteiger partial charge in [-0.3, -0.25) is 4.79 Å². The largest absolute Gasteiger partial charge is 0.337 e. The van der Waals surface area contributed by atoms with Crippen LogP contribution in [0.4, 0.5) is 0 Å². The normalized spacial score (nSPS) is 20.4. The Morgan fingerprint density at radius 1 is 1.53 bits per heavy atom. The van der Waals surface area contributed by atoms with Gasteiger partial charge in [0.2, 0.25) is 0 Å². The quantitative estimate of drug-likeness (QED) is 0.726. The minimum atomic E-state index is 0.0888. The molecule has 0 unspecified atom stereocenters. The zero-order valence-corrected chi connectivity index (χ0v) is 13.1. The second kappa shape index (κ2) is 5.67. The van der Waals surface area contributed by atoms with Crippen LogP contribution in [0.15, 0.2) is 22.7 Å². The maximum Gasteiger partial charge on any atom is 0.255 e. The summed E-state index contributed by atoms with van der Waals surface area (Å²) in [5, 5.41) is 0. The molecule has 1 aliphatic heterocycles. The van der Waals surface area contributed by atoms with E-state index in [-0.39, 0.29) is 11.9 Å². The first-order valence-electron chi connectivity index (χ1n) is 5.58. The average molecular weight is 409 g/mol. The van der Waals surface area contributed by atoms with Gasteiger partial charge in [-0.05, 0) is 53.6 Å². The van der Waals surface area contributed by atoms with Crippen LogP contribution in [-0.4, -0.2) is 29.9 Å². The van der Waals surface area contributed by atoms with Crippen LogP contribution in [0, 0.1) is 3.57 Å². The average Bonchev–Trinajstić information content (AvgIpc) is 2.31. The van der Waals surface area contributed by atoms with Gasteiger partial charge in [0.05, 0.1) is 5.56 Å². The predicted molar refractivity (Wildman–Crippen MR) is 80.0 cm³/mol. The minimum absolute atomic E-state index is 0.0888. The number of nitrogens with zero attached hydrogens (tertiary/aromatic N) is 1. The molecule has 2 rings (SSSR count). The van der Waals surface area contributed by atoms with E-state index >= 15 is 0 Å². The standard InChI is InChI=1S/C12H14BrIN2O/c13-8-3-4-11(14)10(6-8)12(17)16-5-1-2-9(15)7-16/h3-4,6,9H,1-2,5,7,15H2/t9-/m1/s1. The van der Waals surface area contributed by atoms with Crippen molar-refractivity contribution in [1.82, 2.24) is 4.90 Å². The molecular weight excluding hydrogens is 395 g/mol. The number of hydrogen-bond donors (Lipinski definition) is 1. The van der Waals surface area contributed by atoms with Crippen molar-refractivity contribution in [3.8, 4) is 0 Å². The molecule has 1 saturated heterocycles. The van der Waals surface area contributed by atoms with Gasteiger partial charge < -0.3 is 10.6 Å². The lowest BCUT2D eigenvalue weighted by molar-refractivity contribution is 0.0707. The molecule has 17 heavy (non-hydrogen) atoms. The smallest absolute Gasteiger partial charge is 0.255 e. The predicted octanol–water partition coefficient (Wildman–Crippen LogP) is 2.62. The van der Waals surface area contributed by atoms with E-state index in [0.29, 0.717) is 6.54 Å². The highest BCUT2D eigenvalue weighted by Gasteiger charge is 2.23. The van der Waals surface area contributed by atoms with Crippen molar-refractivity contribution in [1.29, 1.82) is 0 Å². The van der Waals surface area contributed by atoms with Crippen LogP contribution < -0.4 is 5.73 Å². The summed E-state index contributed by atoms with van der Waals surface area (Å²) in [6.07, 6.45) is 2.01. The first kappa shape index (κ1) is 13.3. The molecule has 1 atom stereocenters. The van der Waals surface area contributed by atoms with Gasteiger partial charge in [-0.1, -0.05) is 15.9 Å². The molecule has 0 saturated carbocycles. The van der Waals surface area contributed by atoms with E-state index in [9.17, 15) is 4.79 Å². The molecule has 0 spiro atoms. The van der Waals surface area contributed by atoms with Crippen molar-refractivity contribution in [3.05, 3.63) is 31.8 Å². The van der Waals surface area contributed by atoms with Crippen LogP contribution in [0.3, 0.4) is 0 Å². The number of carbonyl (C=O) groups is 1. The van der Waals surface area contributed by atoms with E-state index in [1.165, 1.54) is 0 Å². The number of halogens is 2. The molecule has 3 nitrogen and oxygen atoms in total. The summed E-state index contributed by atoms with van der Waals surface area (Å²) >= 11 is 5.60. The van der Waals surface area contributed by atoms with Crippen molar-refractivity contribution >= 4 is 44.4 Å². The van der Waals surface area contributed by atoms with Gasteiger partial charge in [-0.15, -0.1) is 0 Å². The molecule has 0 aromatic heterocycles. The molecule has 1 aromatic carbocycles. The number of likely N-dealkylation sites (tertiary alicyclic amines) is 1. The van der Waals surface area contributed by atoms with Crippen molar-refractivity contribution in [2.75, 3.05) is 13.1 Å². The SMILES string of the molecule is N[C@@H]1CCCN(C(=O)c2cc(Br)ccc2I)C1. The van der Waals surface area contributed by atoms with Gasteiger partial charge in [0.1, 0.15) is 0 Å². The Morgan fingerprint density at radius 2 is 2.29 bits per heavy atom. The van der Waals surface area contributed by atoms with E-state index in [2.05, 4.69) is 38.5 Å². The molecule has 1 amide bonds. The Hall–Kier alpha value is -0.140. The second-order valence-corrected chi connectivity index (χ2v) is 6.36. The highest BCUT2D eigenvalue weighted by atomic mass is 127. The summed E-state index contributed by atoms with van der Waals surface area (Å²) in [5.41, 5.74) is 6.66. The van der Waals surface area contributed by atoms with Crippen LogP contribution in [0.5, 0.6) is 0 Å². The molecular formula is C12H14BrIN2O. The van der Waals surface area contributed by atoms with Gasteiger partial charge in [-0.25, -0.2) is 0 Å². The van der Waals surface area contributed by atoms with Gasteiger partial charge >= 0.3 is 0 Å². The van der Waals surface area contributed by atoms with Gasteiger partial charge in [0.25, 0.3) is 5.91 Å². The van der Waals surface area contributed by atoms with Crippen molar-refractivity contribution in [2.24, 2.45) is 5.73 Å². The second-order valence-electron chi connectivity index (χ2n) is 4.28. The van der Waals surface area contributed by atoms with Gasteiger partial charge in [0.15, 0.2) is 0 Å². The fourth-order valence-corrected chi connectivity index (χ4v) is 2.95. The number of carbonyl (C=O) groups excluding carboxylic acids is 1. The number of amides is 1. The molecule has 0 bridgehead atoms. The Morgan fingerprint density at radius 3 is 3.00 bits per heavy atom. The molecule has 0 aliphatic carbocycles. The van der Waals surface area contributed by atoms with E-state index in [0.717, 1.165) is 33.0 Å². The Kier molecular flexibility index (Phi) is 4.43. The van der Waals surface area contributed by atoms with Crippen LogP contribution in [0.1, 0.15) is 23.2 Å². The van der Waals surface area contributed by atoms with E-state index in [1.807, 2.05) is 23.1 Å². The molecule has 1 fully saturated rings. The van der Waals surface area contributed by atoms with Crippen LogP contribution in [0.2, 0.25) is 0 Å².